The third-order valence-electron chi connectivity index (χ3n) is 2.25. The summed E-state index contributed by atoms with van der Waals surface area (Å²) < 4.78 is 22.9. The SMILES string of the molecule is CCCNC(=O)c1cccc(S(=O)(=O)C(Br)(Br)Br)c1. The van der Waals surface area contributed by atoms with Gasteiger partial charge in [0.2, 0.25) is 11.3 Å². The van der Waals surface area contributed by atoms with Crippen molar-refractivity contribution >= 4 is 63.5 Å². The molecular weight excluding hydrogens is 466 g/mol. The van der Waals surface area contributed by atoms with Crippen LogP contribution in [0.1, 0.15) is 23.7 Å². The summed E-state index contributed by atoms with van der Waals surface area (Å²) in [6.45, 7) is 2.49. The molecule has 0 heterocycles. The van der Waals surface area contributed by atoms with Gasteiger partial charge in [-0.2, -0.15) is 0 Å². The van der Waals surface area contributed by atoms with Crippen LogP contribution in [0.3, 0.4) is 0 Å². The van der Waals surface area contributed by atoms with Gasteiger partial charge in [0.25, 0.3) is 5.91 Å². The lowest BCUT2D eigenvalue weighted by Crippen LogP contribution is -2.24. The molecule has 0 saturated heterocycles. The summed E-state index contributed by atoms with van der Waals surface area (Å²) in [4.78, 5) is 11.8. The molecule has 1 rings (SSSR count). The predicted molar refractivity (Wildman–Crippen MR) is 85.8 cm³/mol. The average molecular weight is 478 g/mol. The maximum absolute atomic E-state index is 12.2. The van der Waals surface area contributed by atoms with Crippen molar-refractivity contribution in [3.8, 4) is 0 Å². The summed E-state index contributed by atoms with van der Waals surface area (Å²) in [5, 5.41) is 2.70. The topological polar surface area (TPSA) is 63.2 Å². The molecule has 19 heavy (non-hydrogen) atoms. The lowest BCUT2D eigenvalue weighted by atomic mass is 10.2. The Labute approximate surface area is 137 Å². The van der Waals surface area contributed by atoms with Gasteiger partial charge in [-0.3, -0.25) is 4.79 Å². The van der Waals surface area contributed by atoms with E-state index >= 15 is 0 Å². The van der Waals surface area contributed by atoms with Crippen LogP contribution in [0.5, 0.6) is 0 Å². The van der Waals surface area contributed by atoms with Crippen LogP contribution in [0, 0.1) is 0 Å². The molecule has 106 valence electrons. The highest BCUT2D eigenvalue weighted by atomic mass is 80.0. The second kappa shape index (κ2) is 6.69. The Hall–Kier alpha value is 0.0800. The first-order valence-corrected chi connectivity index (χ1v) is 9.26. The van der Waals surface area contributed by atoms with Gasteiger partial charge in [0, 0.05) is 12.1 Å². The normalized spacial score (nSPS) is 12.2. The molecule has 0 aliphatic rings. The number of halogens is 3. The molecule has 0 aliphatic carbocycles. The van der Waals surface area contributed by atoms with Crippen molar-refractivity contribution < 1.29 is 13.2 Å². The first-order valence-electron chi connectivity index (χ1n) is 5.39. The summed E-state index contributed by atoms with van der Waals surface area (Å²) in [7, 11) is -3.68. The van der Waals surface area contributed by atoms with Gasteiger partial charge in [-0.15, -0.1) is 0 Å². The molecule has 0 fully saturated rings. The van der Waals surface area contributed by atoms with Crippen LogP contribution >= 0.6 is 47.8 Å². The van der Waals surface area contributed by atoms with Gasteiger partial charge < -0.3 is 5.32 Å². The van der Waals surface area contributed by atoms with E-state index in [1.54, 1.807) is 6.07 Å². The fourth-order valence-corrected chi connectivity index (χ4v) is 3.77. The fourth-order valence-electron chi connectivity index (χ4n) is 1.28. The Kier molecular flexibility index (Phi) is 6.03. The maximum atomic E-state index is 12.2. The van der Waals surface area contributed by atoms with Gasteiger partial charge in [0.15, 0.2) is 0 Å². The van der Waals surface area contributed by atoms with E-state index in [0.717, 1.165) is 6.42 Å². The van der Waals surface area contributed by atoms with Crippen LogP contribution in [-0.4, -0.2) is 22.3 Å². The zero-order valence-electron chi connectivity index (χ0n) is 9.99. The Morgan fingerprint density at radius 3 is 2.47 bits per heavy atom. The maximum Gasteiger partial charge on any atom is 0.251 e. The highest BCUT2D eigenvalue weighted by Gasteiger charge is 2.37. The van der Waals surface area contributed by atoms with Crippen molar-refractivity contribution in [2.75, 3.05) is 6.54 Å². The van der Waals surface area contributed by atoms with Crippen molar-refractivity contribution in [3.05, 3.63) is 29.8 Å². The molecule has 0 unspecified atom stereocenters. The van der Waals surface area contributed by atoms with E-state index in [2.05, 4.69) is 53.1 Å². The Morgan fingerprint density at radius 2 is 1.95 bits per heavy atom. The number of nitrogens with one attached hydrogen (secondary N) is 1. The van der Waals surface area contributed by atoms with Crippen LogP contribution in [0.4, 0.5) is 0 Å². The largest absolute Gasteiger partial charge is 0.352 e. The molecule has 8 heteroatoms. The molecule has 0 aromatic heterocycles. The molecule has 1 amide bonds. The number of alkyl halides is 3. The van der Waals surface area contributed by atoms with E-state index in [-0.39, 0.29) is 10.8 Å². The zero-order chi connectivity index (χ0) is 14.7. The number of benzene rings is 1. The number of carbonyl (C=O) groups excluding carboxylic acids is 1. The monoisotopic (exact) mass is 475 g/mol. The molecule has 1 aromatic carbocycles. The van der Waals surface area contributed by atoms with Gasteiger partial charge in [-0.25, -0.2) is 8.42 Å². The molecule has 0 spiro atoms. The number of sulfone groups is 1. The second-order valence-electron chi connectivity index (χ2n) is 3.73. The molecule has 0 radical (unpaired) electrons. The summed E-state index contributed by atoms with van der Waals surface area (Å²) in [6, 6.07) is 5.89. The number of rotatable bonds is 4. The van der Waals surface area contributed by atoms with Crippen LogP contribution in [-0.2, 0) is 9.84 Å². The van der Waals surface area contributed by atoms with Crippen LogP contribution in [0.15, 0.2) is 29.2 Å². The quantitative estimate of drug-likeness (QED) is 0.676. The molecule has 0 atom stereocenters. The highest BCUT2D eigenvalue weighted by Crippen LogP contribution is 2.43. The molecular formula is C11H12Br3NO3S. The van der Waals surface area contributed by atoms with E-state index in [1.807, 2.05) is 6.92 Å². The van der Waals surface area contributed by atoms with Gasteiger partial charge in [0.05, 0.1) is 4.90 Å². The summed E-state index contributed by atoms with van der Waals surface area (Å²) in [5.74, 6) is -0.289. The number of hydrogen-bond acceptors (Lipinski definition) is 3. The third-order valence-corrected chi connectivity index (χ3v) is 7.57. The number of hydrogen-bond donors (Lipinski definition) is 1. The highest BCUT2D eigenvalue weighted by molar-refractivity contribution is 9.42. The third kappa shape index (κ3) is 4.27. The van der Waals surface area contributed by atoms with Crippen molar-refractivity contribution in [2.45, 2.75) is 19.7 Å². The van der Waals surface area contributed by atoms with E-state index in [4.69, 9.17) is 0 Å². The Bertz CT molecular complexity index is 567. The minimum atomic E-state index is -3.68. The molecule has 1 N–H and O–H groups in total. The predicted octanol–water partition coefficient (Wildman–Crippen LogP) is 3.40. The van der Waals surface area contributed by atoms with Gasteiger partial charge in [-0.05, 0) is 72.4 Å². The second-order valence-corrected chi connectivity index (χ2v) is 14.2. The standard InChI is InChI=1S/C11H12Br3NO3S/c1-2-6-15-10(16)8-4-3-5-9(7-8)19(17,18)11(12,13)14/h3-5,7H,2,6H2,1H3,(H,15,16). The van der Waals surface area contributed by atoms with Crippen molar-refractivity contribution in [1.29, 1.82) is 0 Å². The summed E-state index contributed by atoms with van der Waals surface area (Å²) in [5.41, 5.74) is 0.311. The first kappa shape index (κ1) is 17.1. The molecule has 4 nitrogen and oxygen atoms in total. The van der Waals surface area contributed by atoms with E-state index < -0.39 is 11.3 Å². The van der Waals surface area contributed by atoms with Gasteiger partial charge in [0.1, 0.15) is 0 Å². The van der Waals surface area contributed by atoms with Gasteiger partial charge >= 0.3 is 0 Å². The van der Waals surface area contributed by atoms with E-state index in [0.29, 0.717) is 12.1 Å². The van der Waals surface area contributed by atoms with Crippen LogP contribution in [0.2, 0.25) is 0 Å². The smallest absolute Gasteiger partial charge is 0.251 e. The number of carbonyl (C=O) groups is 1. The number of amides is 1. The summed E-state index contributed by atoms with van der Waals surface area (Å²) >= 11 is 8.96. The van der Waals surface area contributed by atoms with E-state index in [9.17, 15) is 13.2 Å². The minimum absolute atomic E-state index is 0.0438. The van der Waals surface area contributed by atoms with E-state index in [1.165, 1.54) is 18.2 Å². The lowest BCUT2D eigenvalue weighted by molar-refractivity contribution is 0.0953. The Balaban J connectivity index is 3.12. The minimum Gasteiger partial charge on any atom is -0.352 e. The summed E-state index contributed by atoms with van der Waals surface area (Å²) in [6.07, 6.45) is 0.817. The van der Waals surface area contributed by atoms with Crippen LogP contribution in [0.25, 0.3) is 0 Å². The average Bonchev–Trinajstić information content (AvgIpc) is 2.34. The van der Waals surface area contributed by atoms with Gasteiger partial charge in [-0.1, -0.05) is 13.0 Å². The molecule has 0 bridgehead atoms. The molecule has 1 aromatic rings. The zero-order valence-corrected chi connectivity index (χ0v) is 15.6. The van der Waals surface area contributed by atoms with Crippen molar-refractivity contribution in [3.63, 3.8) is 0 Å². The Morgan fingerprint density at radius 1 is 1.32 bits per heavy atom. The van der Waals surface area contributed by atoms with Crippen LogP contribution < -0.4 is 5.32 Å². The van der Waals surface area contributed by atoms with Crippen molar-refractivity contribution in [2.24, 2.45) is 0 Å². The molecule has 0 saturated carbocycles. The first-order chi connectivity index (χ1) is 8.70. The molecule has 0 aliphatic heterocycles. The lowest BCUT2D eigenvalue weighted by Gasteiger charge is -2.14. The van der Waals surface area contributed by atoms with Crippen molar-refractivity contribution in [1.82, 2.24) is 5.32 Å². The fraction of sp³-hybridized carbons (Fsp3) is 0.364.